The molecule has 4 nitrogen and oxygen atoms in total. The lowest BCUT2D eigenvalue weighted by Crippen LogP contribution is -2.44. The molecule has 94 valence electrons. The van der Waals surface area contributed by atoms with Crippen LogP contribution in [0.2, 0.25) is 0 Å². The molecular weight excluding hydrogens is 324 g/mol. The van der Waals surface area contributed by atoms with E-state index in [1.807, 2.05) is 0 Å². The first-order chi connectivity index (χ1) is 8.08. The van der Waals surface area contributed by atoms with Gasteiger partial charge in [-0.2, -0.15) is 4.72 Å². The van der Waals surface area contributed by atoms with Crippen molar-refractivity contribution in [3.63, 3.8) is 0 Å². The summed E-state index contributed by atoms with van der Waals surface area (Å²) in [6, 6.07) is 6.63. The predicted molar refractivity (Wildman–Crippen MR) is 73.6 cm³/mol. The predicted octanol–water partition coefficient (Wildman–Crippen LogP) is 1.39. The molecule has 7 heteroatoms. The third-order valence-electron chi connectivity index (χ3n) is 2.34. The first kappa shape index (κ1) is 13.4. The number of rotatable bonds is 3. The Morgan fingerprint density at radius 3 is 2.65 bits per heavy atom. The van der Waals surface area contributed by atoms with E-state index in [9.17, 15) is 8.42 Å². The van der Waals surface area contributed by atoms with Gasteiger partial charge in [0.05, 0.1) is 10.3 Å². The maximum Gasteiger partial charge on any atom is 0.241 e. The van der Waals surface area contributed by atoms with Gasteiger partial charge in [-0.1, -0.05) is 15.9 Å². The Morgan fingerprint density at radius 2 is 2.06 bits per heavy atom. The molecule has 17 heavy (non-hydrogen) atoms. The fourth-order valence-electron chi connectivity index (χ4n) is 1.50. The smallest absolute Gasteiger partial charge is 0.241 e. The molecule has 0 saturated carbocycles. The molecule has 1 aliphatic heterocycles. The summed E-state index contributed by atoms with van der Waals surface area (Å²) in [6.07, 6.45) is 0. The van der Waals surface area contributed by atoms with Crippen LogP contribution >= 0.6 is 27.7 Å². The molecule has 2 rings (SSSR count). The highest BCUT2D eigenvalue weighted by Gasteiger charge is 2.21. The third-order valence-corrected chi connectivity index (χ3v) is 5.63. The molecule has 0 radical (unpaired) electrons. The topological polar surface area (TPSA) is 58.2 Å². The Balaban J connectivity index is 2.10. The number of nitrogens with one attached hydrogen (secondary N) is 2. The van der Waals surface area contributed by atoms with Gasteiger partial charge in [0, 0.05) is 23.3 Å². The lowest BCUT2D eigenvalue weighted by Gasteiger charge is -2.23. The molecule has 1 heterocycles. The van der Waals surface area contributed by atoms with Gasteiger partial charge >= 0.3 is 0 Å². The summed E-state index contributed by atoms with van der Waals surface area (Å²) in [5.74, 6) is 0.924. The van der Waals surface area contributed by atoms with Crippen molar-refractivity contribution in [2.75, 3.05) is 18.8 Å². The van der Waals surface area contributed by atoms with Crippen LogP contribution in [-0.4, -0.2) is 32.6 Å². The van der Waals surface area contributed by atoms with Gasteiger partial charge in [-0.25, -0.2) is 8.42 Å². The second kappa shape index (κ2) is 5.71. The van der Waals surface area contributed by atoms with Crippen LogP contribution in [0, 0.1) is 0 Å². The molecule has 2 N–H and O–H groups in total. The summed E-state index contributed by atoms with van der Waals surface area (Å²) in [7, 11) is -3.41. The average molecular weight is 337 g/mol. The lowest BCUT2D eigenvalue weighted by molar-refractivity contribution is 0.568. The van der Waals surface area contributed by atoms with Gasteiger partial charge in [-0.15, -0.1) is 11.8 Å². The number of thioether (sulfide) groups is 1. The van der Waals surface area contributed by atoms with Crippen LogP contribution in [0.3, 0.4) is 0 Å². The minimum Gasteiger partial charge on any atom is -0.313 e. The van der Waals surface area contributed by atoms with Crippen molar-refractivity contribution < 1.29 is 8.42 Å². The summed E-state index contributed by atoms with van der Waals surface area (Å²) in [5.41, 5.74) is 0. The normalized spacial score (nSPS) is 21.4. The van der Waals surface area contributed by atoms with Crippen LogP contribution in [0.15, 0.2) is 33.6 Å². The van der Waals surface area contributed by atoms with Crippen LogP contribution in [-0.2, 0) is 10.0 Å². The van der Waals surface area contributed by atoms with Crippen molar-refractivity contribution in [3.8, 4) is 0 Å². The van der Waals surface area contributed by atoms with Gasteiger partial charge in [-0.05, 0) is 24.3 Å². The largest absolute Gasteiger partial charge is 0.313 e. The summed E-state index contributed by atoms with van der Waals surface area (Å²) in [6.45, 7) is 1.60. The van der Waals surface area contributed by atoms with E-state index in [4.69, 9.17) is 0 Å². The molecule has 0 spiro atoms. The zero-order valence-corrected chi connectivity index (χ0v) is 12.2. The zero-order chi connectivity index (χ0) is 12.3. The van der Waals surface area contributed by atoms with Gasteiger partial charge < -0.3 is 5.32 Å². The number of sulfonamides is 1. The summed E-state index contributed by atoms with van der Waals surface area (Å²) >= 11 is 4.91. The standard InChI is InChI=1S/C10H13BrN2O2S2/c11-8-1-3-9(4-2-8)17(14,15)13-10-7-12-5-6-16-10/h1-4,10,12-13H,5-7H2/t10-/m0/s1. The molecule has 0 amide bonds. The van der Waals surface area contributed by atoms with Crippen LogP contribution in [0.5, 0.6) is 0 Å². The van der Waals surface area contributed by atoms with Crippen LogP contribution in [0.4, 0.5) is 0 Å². The van der Waals surface area contributed by atoms with Gasteiger partial charge in [0.1, 0.15) is 0 Å². The lowest BCUT2D eigenvalue weighted by atomic mass is 10.4. The summed E-state index contributed by atoms with van der Waals surface area (Å²) in [4.78, 5) is 0.298. The van der Waals surface area contributed by atoms with Crippen LogP contribution < -0.4 is 10.0 Å². The van der Waals surface area contributed by atoms with Crippen molar-refractivity contribution in [1.29, 1.82) is 0 Å². The highest BCUT2D eigenvalue weighted by Crippen LogP contribution is 2.17. The molecule has 1 saturated heterocycles. The van der Waals surface area contributed by atoms with E-state index in [1.165, 1.54) is 0 Å². The Morgan fingerprint density at radius 1 is 1.35 bits per heavy atom. The number of hydrogen-bond acceptors (Lipinski definition) is 4. The first-order valence-electron chi connectivity index (χ1n) is 5.18. The molecule has 1 aromatic carbocycles. The molecule has 1 aliphatic rings. The number of halogens is 1. The Labute approximate surface area is 114 Å². The van der Waals surface area contributed by atoms with Crippen molar-refractivity contribution in [3.05, 3.63) is 28.7 Å². The minimum atomic E-state index is -3.41. The van der Waals surface area contributed by atoms with Gasteiger partial charge in [0.25, 0.3) is 0 Å². The second-order valence-electron chi connectivity index (χ2n) is 3.64. The van der Waals surface area contributed by atoms with E-state index < -0.39 is 10.0 Å². The van der Waals surface area contributed by atoms with Gasteiger partial charge in [0.15, 0.2) is 0 Å². The SMILES string of the molecule is O=S(=O)(N[C@@H]1CNCCS1)c1ccc(Br)cc1. The van der Waals surface area contributed by atoms with E-state index in [2.05, 4.69) is 26.0 Å². The second-order valence-corrected chi connectivity index (χ2v) is 7.58. The maximum absolute atomic E-state index is 12.0. The van der Waals surface area contributed by atoms with Crippen LogP contribution in [0.25, 0.3) is 0 Å². The molecule has 0 aromatic heterocycles. The fraction of sp³-hybridized carbons (Fsp3) is 0.400. The molecule has 0 unspecified atom stereocenters. The van der Waals surface area contributed by atoms with Gasteiger partial charge in [0.2, 0.25) is 10.0 Å². The molecular formula is C10H13BrN2O2S2. The molecule has 1 fully saturated rings. The highest BCUT2D eigenvalue weighted by atomic mass is 79.9. The molecule has 0 aliphatic carbocycles. The average Bonchev–Trinajstić information content (AvgIpc) is 2.30. The number of benzene rings is 1. The van der Waals surface area contributed by atoms with E-state index in [0.29, 0.717) is 11.4 Å². The van der Waals surface area contributed by atoms with E-state index in [-0.39, 0.29) is 5.37 Å². The Bertz CT molecular complexity index is 470. The Hall–Kier alpha value is -0.0800. The fourth-order valence-corrected chi connectivity index (χ4v) is 4.25. The highest BCUT2D eigenvalue weighted by molar-refractivity contribution is 9.10. The van der Waals surface area contributed by atoms with E-state index in [0.717, 1.165) is 16.8 Å². The summed E-state index contributed by atoms with van der Waals surface area (Å²) in [5, 5.41) is 3.08. The maximum atomic E-state index is 12.0. The molecule has 0 bridgehead atoms. The van der Waals surface area contributed by atoms with Gasteiger partial charge in [-0.3, -0.25) is 0 Å². The van der Waals surface area contributed by atoms with Crippen molar-refractivity contribution >= 4 is 37.7 Å². The van der Waals surface area contributed by atoms with Crippen molar-refractivity contribution in [2.45, 2.75) is 10.3 Å². The zero-order valence-electron chi connectivity index (χ0n) is 9.02. The summed E-state index contributed by atoms with van der Waals surface area (Å²) < 4.78 is 27.6. The van der Waals surface area contributed by atoms with E-state index in [1.54, 1.807) is 36.0 Å². The number of hydrogen-bond donors (Lipinski definition) is 2. The minimum absolute atomic E-state index is 0.0857. The van der Waals surface area contributed by atoms with Crippen molar-refractivity contribution in [2.24, 2.45) is 0 Å². The third kappa shape index (κ3) is 3.69. The molecule has 1 atom stereocenters. The van der Waals surface area contributed by atoms with E-state index >= 15 is 0 Å². The first-order valence-corrected chi connectivity index (χ1v) is 8.51. The monoisotopic (exact) mass is 336 g/mol. The Kier molecular flexibility index (Phi) is 4.48. The van der Waals surface area contributed by atoms with Crippen molar-refractivity contribution in [1.82, 2.24) is 10.0 Å². The van der Waals surface area contributed by atoms with Crippen LogP contribution in [0.1, 0.15) is 0 Å². The quantitative estimate of drug-likeness (QED) is 0.875. The molecule has 1 aromatic rings.